The van der Waals surface area contributed by atoms with Crippen LogP contribution in [0.4, 0.5) is 5.69 Å². The van der Waals surface area contributed by atoms with Crippen molar-refractivity contribution in [3.63, 3.8) is 0 Å². The van der Waals surface area contributed by atoms with Gasteiger partial charge < -0.3 is 10.0 Å². The van der Waals surface area contributed by atoms with Crippen LogP contribution in [0.25, 0.3) is 0 Å². The molecule has 3 rings (SSSR count). The summed E-state index contributed by atoms with van der Waals surface area (Å²) in [6.45, 7) is 16.1. The Morgan fingerprint density at radius 3 is 1.97 bits per heavy atom. The topological polar surface area (TPSA) is 46.8 Å². The molecule has 5 heteroatoms. The van der Waals surface area contributed by atoms with E-state index in [2.05, 4.69) is 61.5 Å². The zero-order valence-corrected chi connectivity index (χ0v) is 22.2. The maximum atomic E-state index is 12.9. The van der Waals surface area contributed by atoms with E-state index < -0.39 is 5.54 Å². The molecule has 2 aliphatic rings. The molecule has 1 aliphatic carbocycles. The van der Waals surface area contributed by atoms with Crippen LogP contribution in [-0.4, -0.2) is 71.9 Å². The third-order valence-electron chi connectivity index (χ3n) is 8.01. The van der Waals surface area contributed by atoms with Crippen LogP contribution >= 0.6 is 0 Å². The molecule has 184 valence electrons. The number of likely N-dealkylation sites (N-methyl/N-ethyl adjacent to an activating group) is 1. The SMILES string of the molecule is CC(C)C(C)(C)C(O)=C1C=CC(=[N+]2CCN(c3ccc(C(=O)C(C)(C)N(C)C)cc3)CC2)C=C1. The first-order valence-electron chi connectivity index (χ1n) is 12.3. The number of allylic oxidation sites excluding steroid dienone is 6. The largest absolute Gasteiger partial charge is 0.511 e. The number of carbonyl (C=O) groups is 1. The molecule has 1 aromatic rings. The van der Waals surface area contributed by atoms with Gasteiger partial charge in [0.15, 0.2) is 24.6 Å². The maximum absolute atomic E-state index is 12.9. The molecule has 1 heterocycles. The maximum Gasteiger partial charge on any atom is 0.200 e. The Morgan fingerprint density at radius 2 is 1.50 bits per heavy atom. The summed E-state index contributed by atoms with van der Waals surface area (Å²) in [5.74, 6) is 0.944. The molecule has 1 saturated heterocycles. The van der Waals surface area contributed by atoms with Crippen LogP contribution in [0.3, 0.4) is 0 Å². The first kappa shape index (κ1) is 26.0. The number of piperazine rings is 1. The lowest BCUT2D eigenvalue weighted by atomic mass is 9.77. The second kappa shape index (κ2) is 9.91. The summed E-state index contributed by atoms with van der Waals surface area (Å²) < 4.78 is 2.39. The van der Waals surface area contributed by atoms with Crippen molar-refractivity contribution in [3.05, 3.63) is 65.5 Å². The molecule has 1 aliphatic heterocycles. The normalized spacial score (nSPS) is 17.2. The van der Waals surface area contributed by atoms with Gasteiger partial charge in [-0.1, -0.05) is 27.7 Å². The quantitative estimate of drug-likeness (QED) is 0.361. The lowest BCUT2D eigenvalue weighted by molar-refractivity contribution is -0.528. The van der Waals surface area contributed by atoms with E-state index in [4.69, 9.17) is 0 Å². The molecule has 0 spiro atoms. The highest BCUT2D eigenvalue weighted by molar-refractivity contribution is 6.03. The van der Waals surface area contributed by atoms with Gasteiger partial charge in [-0.3, -0.25) is 9.69 Å². The van der Waals surface area contributed by atoms with Crippen LogP contribution in [0.1, 0.15) is 51.9 Å². The number of rotatable bonds is 6. The molecule has 0 aromatic heterocycles. The highest BCUT2D eigenvalue weighted by atomic mass is 16.3. The fraction of sp³-hybridized carbons (Fsp3) is 0.517. The third kappa shape index (κ3) is 5.20. The van der Waals surface area contributed by atoms with Crippen LogP contribution in [-0.2, 0) is 0 Å². The predicted molar refractivity (Wildman–Crippen MR) is 142 cm³/mol. The van der Waals surface area contributed by atoms with Crippen molar-refractivity contribution in [1.82, 2.24) is 4.90 Å². The first-order chi connectivity index (χ1) is 15.9. The van der Waals surface area contributed by atoms with Gasteiger partial charge in [0.2, 0.25) is 0 Å². The summed E-state index contributed by atoms with van der Waals surface area (Å²) in [5.41, 5.74) is 3.21. The number of anilines is 1. The van der Waals surface area contributed by atoms with Crippen LogP contribution in [0.15, 0.2) is 59.9 Å². The fourth-order valence-corrected chi connectivity index (χ4v) is 4.08. The zero-order chi connectivity index (χ0) is 25.3. The summed E-state index contributed by atoms with van der Waals surface area (Å²) in [6, 6.07) is 8.04. The van der Waals surface area contributed by atoms with Crippen molar-refractivity contribution >= 4 is 17.2 Å². The summed E-state index contributed by atoms with van der Waals surface area (Å²) in [7, 11) is 3.87. The van der Waals surface area contributed by atoms with Crippen LogP contribution < -0.4 is 4.90 Å². The average Bonchev–Trinajstić information content (AvgIpc) is 2.83. The van der Waals surface area contributed by atoms with E-state index in [1.54, 1.807) is 0 Å². The predicted octanol–water partition coefficient (Wildman–Crippen LogP) is 5.10. The summed E-state index contributed by atoms with van der Waals surface area (Å²) in [4.78, 5) is 17.2. The standard InChI is InChI=1S/C29H41N3O2/c1-21(2)28(3,4)26(33)22-9-13-24(14-10-22)31-17-19-32(20-18-31)25-15-11-23(12-16-25)27(34)29(5,6)30(7)8/h9-16,21H,17-20H2,1-8H3/p+1. The lowest BCUT2D eigenvalue weighted by Gasteiger charge is -2.31. The number of Topliss-reactive ketones (excluding diaryl/α,β-unsaturated/α-hetero) is 1. The van der Waals surface area contributed by atoms with Crippen LogP contribution in [0.5, 0.6) is 0 Å². The summed E-state index contributed by atoms with van der Waals surface area (Å²) in [6.07, 6.45) is 8.30. The Morgan fingerprint density at radius 1 is 0.971 bits per heavy atom. The fourth-order valence-electron chi connectivity index (χ4n) is 4.08. The molecular formula is C29H42N3O2+. The minimum absolute atomic E-state index is 0.136. The summed E-state index contributed by atoms with van der Waals surface area (Å²) in [5, 5.41) is 10.8. The third-order valence-corrected chi connectivity index (χ3v) is 8.01. The second-order valence-electron chi connectivity index (χ2n) is 11.1. The van der Waals surface area contributed by atoms with Gasteiger partial charge >= 0.3 is 0 Å². The van der Waals surface area contributed by atoms with E-state index in [1.807, 2.05) is 57.1 Å². The zero-order valence-electron chi connectivity index (χ0n) is 22.2. The monoisotopic (exact) mass is 464 g/mol. The molecule has 1 N–H and O–H groups in total. The van der Waals surface area contributed by atoms with Crippen molar-refractivity contribution in [2.75, 3.05) is 45.2 Å². The van der Waals surface area contributed by atoms with Crippen LogP contribution in [0, 0.1) is 11.3 Å². The molecule has 1 fully saturated rings. The highest BCUT2D eigenvalue weighted by Crippen LogP contribution is 2.35. The van der Waals surface area contributed by atoms with Gasteiger partial charge in [-0.05, 0) is 70.3 Å². The Balaban J connectivity index is 1.66. The smallest absolute Gasteiger partial charge is 0.200 e. The molecule has 0 radical (unpaired) electrons. The molecule has 0 atom stereocenters. The van der Waals surface area contributed by atoms with Crippen molar-refractivity contribution in [2.24, 2.45) is 11.3 Å². The van der Waals surface area contributed by atoms with Crippen molar-refractivity contribution in [3.8, 4) is 0 Å². The van der Waals surface area contributed by atoms with Gasteiger partial charge in [-0.25, -0.2) is 4.58 Å². The van der Waals surface area contributed by atoms with Gasteiger partial charge in [0.05, 0.1) is 18.6 Å². The minimum atomic E-state index is -0.526. The Bertz CT molecular complexity index is 1010. The van der Waals surface area contributed by atoms with Gasteiger partial charge in [-0.2, -0.15) is 0 Å². The highest BCUT2D eigenvalue weighted by Gasteiger charge is 2.31. The van der Waals surface area contributed by atoms with Gasteiger partial charge in [0.1, 0.15) is 5.76 Å². The number of aliphatic hydroxyl groups is 1. The summed E-state index contributed by atoms with van der Waals surface area (Å²) >= 11 is 0. The Hall–Kier alpha value is -2.66. The van der Waals surface area contributed by atoms with E-state index >= 15 is 0 Å². The average molecular weight is 465 g/mol. The molecule has 5 nitrogen and oxygen atoms in total. The number of benzene rings is 1. The number of ketones is 1. The van der Waals surface area contributed by atoms with Crippen LogP contribution in [0.2, 0.25) is 0 Å². The van der Waals surface area contributed by atoms with E-state index in [0.29, 0.717) is 11.7 Å². The Kier molecular flexibility index (Phi) is 7.56. The van der Waals surface area contributed by atoms with E-state index in [9.17, 15) is 9.90 Å². The van der Waals surface area contributed by atoms with Crippen molar-refractivity contribution < 1.29 is 14.5 Å². The second-order valence-corrected chi connectivity index (χ2v) is 11.1. The lowest BCUT2D eigenvalue weighted by Crippen LogP contribution is -2.45. The minimum Gasteiger partial charge on any atom is -0.511 e. The number of hydrogen-bond donors (Lipinski definition) is 1. The molecule has 0 bridgehead atoms. The number of nitrogens with zero attached hydrogens (tertiary/aromatic N) is 3. The van der Waals surface area contributed by atoms with Crippen molar-refractivity contribution in [2.45, 2.75) is 47.1 Å². The van der Waals surface area contributed by atoms with Gasteiger partial charge in [0, 0.05) is 34.4 Å². The van der Waals surface area contributed by atoms with E-state index in [1.165, 1.54) is 5.71 Å². The number of aliphatic hydroxyl groups excluding tert-OH is 1. The molecule has 0 saturated carbocycles. The molecule has 34 heavy (non-hydrogen) atoms. The number of carbonyl (C=O) groups excluding carboxylic acids is 1. The van der Waals surface area contributed by atoms with Crippen molar-refractivity contribution in [1.29, 1.82) is 0 Å². The molecule has 1 aromatic carbocycles. The van der Waals surface area contributed by atoms with Gasteiger partial charge in [0.25, 0.3) is 0 Å². The Labute approximate surface area is 205 Å². The van der Waals surface area contributed by atoms with Gasteiger partial charge in [-0.15, -0.1) is 0 Å². The van der Waals surface area contributed by atoms with E-state index in [0.717, 1.165) is 43.0 Å². The van der Waals surface area contributed by atoms with E-state index in [-0.39, 0.29) is 11.2 Å². The first-order valence-corrected chi connectivity index (χ1v) is 12.3. The molecular weight excluding hydrogens is 422 g/mol. The molecule has 0 unspecified atom stereocenters. The number of hydrogen-bond acceptors (Lipinski definition) is 4. The molecule has 0 amide bonds.